The van der Waals surface area contributed by atoms with E-state index >= 15 is 0 Å². The Labute approximate surface area is 84.8 Å². The highest BCUT2D eigenvalue weighted by Gasteiger charge is 2.26. The Morgan fingerprint density at radius 1 is 1.43 bits per heavy atom. The highest BCUT2D eigenvalue weighted by atomic mass is 16.6. The topological polar surface area (TPSA) is 46.5 Å². The van der Waals surface area contributed by atoms with Crippen LogP contribution in [0.1, 0.15) is 39.5 Å². The van der Waals surface area contributed by atoms with E-state index in [2.05, 4.69) is 0 Å². The lowest BCUT2D eigenvalue weighted by atomic mass is 9.95. The molecule has 0 aromatic carbocycles. The van der Waals surface area contributed by atoms with Crippen LogP contribution in [0, 0.1) is 0 Å². The van der Waals surface area contributed by atoms with Crippen LogP contribution >= 0.6 is 0 Å². The van der Waals surface area contributed by atoms with Crippen LogP contribution < -0.4 is 0 Å². The van der Waals surface area contributed by atoms with E-state index in [-0.39, 0.29) is 12.1 Å². The predicted octanol–water partition coefficient (Wildman–Crippen LogP) is 1.80. The smallest absolute Gasteiger partial charge is 0.333 e. The van der Waals surface area contributed by atoms with E-state index in [1.165, 1.54) is 0 Å². The molecule has 0 spiro atoms. The summed E-state index contributed by atoms with van der Waals surface area (Å²) in [4.78, 5) is 11.4. The van der Waals surface area contributed by atoms with Gasteiger partial charge < -0.3 is 9.84 Å². The van der Waals surface area contributed by atoms with Crippen LogP contribution in [0.4, 0.5) is 0 Å². The summed E-state index contributed by atoms with van der Waals surface area (Å²) in [5.74, 6) is -0.307. The van der Waals surface area contributed by atoms with E-state index < -0.39 is 6.10 Å². The van der Waals surface area contributed by atoms with Gasteiger partial charge in [-0.2, -0.15) is 0 Å². The van der Waals surface area contributed by atoms with Gasteiger partial charge in [0.05, 0.1) is 6.10 Å². The van der Waals surface area contributed by atoms with Gasteiger partial charge in [0.15, 0.2) is 0 Å². The lowest BCUT2D eigenvalue weighted by molar-refractivity contribution is -0.152. The number of rotatable bonds is 2. The van der Waals surface area contributed by atoms with E-state index in [1.54, 1.807) is 19.9 Å². The van der Waals surface area contributed by atoms with Crippen LogP contribution in [0.25, 0.3) is 0 Å². The third kappa shape index (κ3) is 2.84. The molecule has 1 fully saturated rings. The maximum Gasteiger partial charge on any atom is 0.333 e. The van der Waals surface area contributed by atoms with E-state index in [1.807, 2.05) is 0 Å². The normalized spacial score (nSPS) is 28.6. The molecule has 1 aliphatic carbocycles. The van der Waals surface area contributed by atoms with E-state index in [0.29, 0.717) is 5.57 Å². The molecule has 1 N–H and O–H groups in total. The van der Waals surface area contributed by atoms with Gasteiger partial charge in [-0.1, -0.05) is 12.5 Å². The summed E-state index contributed by atoms with van der Waals surface area (Å²) in [6.07, 6.45) is 4.53. The maximum absolute atomic E-state index is 11.4. The Morgan fingerprint density at radius 2 is 2.07 bits per heavy atom. The lowest BCUT2D eigenvalue weighted by Crippen LogP contribution is -2.34. The number of hydrogen-bond acceptors (Lipinski definition) is 3. The molecule has 80 valence electrons. The number of carbonyl (C=O) groups excluding carboxylic acids is 1. The standard InChI is InChI=1S/C11H18O3/c1-3-8(2)11(13)14-10-7-5-4-6-9(10)12/h3,9-10,12H,4-7H2,1-2H3/b8-3+. The number of ether oxygens (including phenoxy) is 1. The zero-order valence-electron chi connectivity index (χ0n) is 8.82. The van der Waals surface area contributed by atoms with Crippen molar-refractivity contribution in [1.82, 2.24) is 0 Å². The number of aliphatic hydroxyl groups is 1. The monoisotopic (exact) mass is 198 g/mol. The first-order chi connectivity index (χ1) is 6.65. The Balaban J connectivity index is 2.46. The van der Waals surface area contributed by atoms with Gasteiger partial charge >= 0.3 is 5.97 Å². The Bertz CT molecular complexity index is 233. The van der Waals surface area contributed by atoms with Crippen molar-refractivity contribution in [3.8, 4) is 0 Å². The lowest BCUT2D eigenvalue weighted by Gasteiger charge is -2.27. The minimum atomic E-state index is -0.475. The van der Waals surface area contributed by atoms with E-state index in [0.717, 1.165) is 25.7 Å². The molecule has 1 rings (SSSR count). The van der Waals surface area contributed by atoms with Crippen LogP contribution in [0.3, 0.4) is 0 Å². The second kappa shape index (κ2) is 5.15. The average molecular weight is 198 g/mol. The average Bonchev–Trinajstić information content (AvgIpc) is 2.20. The largest absolute Gasteiger partial charge is 0.456 e. The highest BCUT2D eigenvalue weighted by Crippen LogP contribution is 2.21. The maximum atomic E-state index is 11.4. The number of esters is 1. The third-order valence-electron chi connectivity index (χ3n) is 2.68. The summed E-state index contributed by atoms with van der Waals surface area (Å²) in [5, 5.41) is 9.58. The zero-order chi connectivity index (χ0) is 10.6. The van der Waals surface area contributed by atoms with E-state index in [9.17, 15) is 9.90 Å². The second-order valence-corrected chi connectivity index (χ2v) is 3.77. The Kier molecular flexibility index (Phi) is 4.14. The van der Waals surface area contributed by atoms with Gasteiger partial charge in [-0.3, -0.25) is 0 Å². The van der Waals surface area contributed by atoms with Crippen LogP contribution in [-0.2, 0) is 9.53 Å². The minimum absolute atomic E-state index is 0.300. The van der Waals surface area contributed by atoms with Crippen molar-refractivity contribution in [2.45, 2.75) is 51.7 Å². The SMILES string of the molecule is C/C=C(\C)C(=O)OC1CCCCC1O. The number of carbonyl (C=O) groups is 1. The first-order valence-corrected chi connectivity index (χ1v) is 5.17. The predicted molar refractivity (Wildman–Crippen MR) is 53.8 cm³/mol. The highest BCUT2D eigenvalue weighted by molar-refractivity contribution is 5.87. The van der Waals surface area contributed by atoms with Crippen molar-refractivity contribution in [3.05, 3.63) is 11.6 Å². The van der Waals surface area contributed by atoms with Gasteiger partial charge in [0, 0.05) is 5.57 Å². The van der Waals surface area contributed by atoms with Crippen LogP contribution in [0.5, 0.6) is 0 Å². The fraction of sp³-hybridized carbons (Fsp3) is 0.727. The molecule has 14 heavy (non-hydrogen) atoms. The van der Waals surface area contributed by atoms with Crippen molar-refractivity contribution in [3.63, 3.8) is 0 Å². The molecule has 0 heterocycles. The Hall–Kier alpha value is -0.830. The summed E-state index contributed by atoms with van der Waals surface area (Å²) in [6, 6.07) is 0. The number of hydrogen-bond donors (Lipinski definition) is 1. The first-order valence-electron chi connectivity index (χ1n) is 5.17. The molecule has 1 saturated carbocycles. The summed E-state index contributed by atoms with van der Waals surface area (Å²) in [6.45, 7) is 3.52. The molecule has 0 radical (unpaired) electrons. The minimum Gasteiger partial charge on any atom is -0.456 e. The van der Waals surface area contributed by atoms with Gasteiger partial charge in [0.25, 0.3) is 0 Å². The molecular weight excluding hydrogens is 180 g/mol. The molecule has 2 unspecified atom stereocenters. The molecule has 3 nitrogen and oxygen atoms in total. The second-order valence-electron chi connectivity index (χ2n) is 3.77. The molecule has 0 aliphatic heterocycles. The molecule has 0 aromatic rings. The van der Waals surface area contributed by atoms with Gasteiger partial charge in [0.2, 0.25) is 0 Å². The molecule has 0 saturated heterocycles. The van der Waals surface area contributed by atoms with Crippen LogP contribution in [0.2, 0.25) is 0 Å². The first kappa shape index (κ1) is 11.2. The number of allylic oxidation sites excluding steroid dienone is 1. The van der Waals surface area contributed by atoms with Gasteiger partial charge in [-0.25, -0.2) is 4.79 Å². The van der Waals surface area contributed by atoms with Crippen LogP contribution in [-0.4, -0.2) is 23.3 Å². The fourth-order valence-electron chi connectivity index (χ4n) is 1.56. The van der Waals surface area contributed by atoms with E-state index in [4.69, 9.17) is 4.74 Å². The molecule has 0 aromatic heterocycles. The molecule has 0 amide bonds. The van der Waals surface area contributed by atoms with Crippen LogP contribution in [0.15, 0.2) is 11.6 Å². The fourth-order valence-corrected chi connectivity index (χ4v) is 1.56. The van der Waals surface area contributed by atoms with Crippen molar-refractivity contribution < 1.29 is 14.6 Å². The molecule has 0 bridgehead atoms. The van der Waals surface area contributed by atoms with Crippen molar-refractivity contribution in [1.29, 1.82) is 0 Å². The molecule has 1 aliphatic rings. The summed E-state index contributed by atoms with van der Waals surface area (Å²) in [5.41, 5.74) is 0.600. The van der Waals surface area contributed by atoms with Crippen molar-refractivity contribution >= 4 is 5.97 Å². The molecule has 2 atom stereocenters. The Morgan fingerprint density at radius 3 is 2.64 bits per heavy atom. The van der Waals surface area contributed by atoms with Gasteiger partial charge in [0.1, 0.15) is 6.10 Å². The quantitative estimate of drug-likeness (QED) is 0.543. The third-order valence-corrected chi connectivity index (χ3v) is 2.68. The summed E-state index contributed by atoms with van der Waals surface area (Å²) in [7, 11) is 0. The van der Waals surface area contributed by atoms with Gasteiger partial charge in [-0.05, 0) is 33.1 Å². The zero-order valence-corrected chi connectivity index (χ0v) is 8.82. The summed E-state index contributed by atoms with van der Waals surface area (Å²) >= 11 is 0. The van der Waals surface area contributed by atoms with Crippen molar-refractivity contribution in [2.24, 2.45) is 0 Å². The molecular formula is C11H18O3. The summed E-state index contributed by atoms with van der Waals surface area (Å²) < 4.78 is 5.20. The van der Waals surface area contributed by atoms with Gasteiger partial charge in [-0.15, -0.1) is 0 Å². The molecule has 3 heteroatoms. The number of aliphatic hydroxyl groups excluding tert-OH is 1. The van der Waals surface area contributed by atoms with Crippen molar-refractivity contribution in [2.75, 3.05) is 0 Å².